The molecule has 0 bridgehead atoms. The molecule has 3 amide bonds. The fourth-order valence-corrected chi connectivity index (χ4v) is 2.79. The summed E-state index contributed by atoms with van der Waals surface area (Å²) in [4.78, 5) is 38.0. The summed E-state index contributed by atoms with van der Waals surface area (Å²) in [5, 5.41) is 2.88. The fourth-order valence-electron chi connectivity index (χ4n) is 2.79. The molecule has 1 aliphatic heterocycles. The highest BCUT2D eigenvalue weighted by Gasteiger charge is 2.37. The van der Waals surface area contributed by atoms with E-state index >= 15 is 0 Å². The van der Waals surface area contributed by atoms with E-state index in [9.17, 15) is 14.4 Å². The summed E-state index contributed by atoms with van der Waals surface area (Å²) in [6.45, 7) is 5.77. The van der Waals surface area contributed by atoms with E-state index in [2.05, 4.69) is 5.32 Å². The topological polar surface area (TPSA) is 92.5 Å². The van der Waals surface area contributed by atoms with Crippen LogP contribution in [0.2, 0.25) is 0 Å². The van der Waals surface area contributed by atoms with Gasteiger partial charge in [0.15, 0.2) is 0 Å². The molecule has 3 N–H and O–H groups in total. The largest absolute Gasteiger partial charge is 0.348 e. The van der Waals surface area contributed by atoms with Gasteiger partial charge in [-0.1, -0.05) is 25.5 Å². The Hall–Kier alpha value is -1.92. The lowest BCUT2D eigenvalue weighted by molar-refractivity contribution is -0.123. The number of imide groups is 1. The number of carbonyl (C=O) groups excluding carboxylic acids is 3. The molecule has 0 aromatic heterocycles. The maximum Gasteiger partial charge on any atom is 0.262 e. The van der Waals surface area contributed by atoms with Crippen LogP contribution in [0.1, 0.15) is 53.0 Å². The highest BCUT2D eigenvalue weighted by atomic mass is 35.5. The molecular weight excluding hydrogens is 330 g/mol. The summed E-state index contributed by atoms with van der Waals surface area (Å²) in [7, 11) is 0. The third-order valence-corrected chi connectivity index (χ3v) is 4.58. The molecule has 1 aliphatic rings. The normalized spacial score (nSPS) is 13.6. The van der Waals surface area contributed by atoms with Gasteiger partial charge in [-0.25, -0.2) is 0 Å². The highest BCUT2D eigenvalue weighted by Crippen LogP contribution is 2.23. The second kappa shape index (κ2) is 7.77. The standard InChI is InChI=1S/C17H23N3O3.ClH/c1-4-17(5-2,10-18)19-14(21)9-20-15(22)12-7-6-11(3)8-13(12)16(20)23;/h6-8H,4-5,9-10,18H2,1-3H3,(H,19,21);1H. The number of rotatable bonds is 6. The van der Waals surface area contributed by atoms with Crippen molar-refractivity contribution in [3.05, 3.63) is 34.9 Å². The molecule has 0 saturated heterocycles. The second-order valence-electron chi connectivity index (χ2n) is 5.99. The predicted octanol–water partition coefficient (Wildman–Crippen LogP) is 1.65. The van der Waals surface area contributed by atoms with Gasteiger partial charge >= 0.3 is 0 Å². The van der Waals surface area contributed by atoms with Gasteiger partial charge in [-0.15, -0.1) is 12.4 Å². The van der Waals surface area contributed by atoms with Gasteiger partial charge in [0.2, 0.25) is 5.91 Å². The Morgan fingerprint density at radius 2 is 1.75 bits per heavy atom. The van der Waals surface area contributed by atoms with Gasteiger partial charge in [-0.05, 0) is 31.9 Å². The van der Waals surface area contributed by atoms with Crippen LogP contribution < -0.4 is 11.1 Å². The van der Waals surface area contributed by atoms with Crippen LogP contribution in [0.4, 0.5) is 0 Å². The van der Waals surface area contributed by atoms with E-state index in [1.54, 1.807) is 18.2 Å². The molecule has 2 rings (SSSR count). The first kappa shape index (κ1) is 20.1. The Labute approximate surface area is 148 Å². The number of hydrogen-bond donors (Lipinski definition) is 2. The SMILES string of the molecule is CCC(CC)(CN)NC(=O)CN1C(=O)c2ccc(C)cc2C1=O.Cl. The average molecular weight is 354 g/mol. The number of fused-ring (bicyclic) bond motifs is 1. The molecule has 6 nitrogen and oxygen atoms in total. The molecule has 7 heteroatoms. The first-order chi connectivity index (χ1) is 10.9. The number of nitrogens with two attached hydrogens (primary N) is 1. The van der Waals surface area contributed by atoms with Crippen LogP contribution >= 0.6 is 12.4 Å². The number of nitrogens with one attached hydrogen (secondary N) is 1. The molecule has 1 heterocycles. The number of aryl methyl sites for hydroxylation is 1. The van der Waals surface area contributed by atoms with E-state index in [0.717, 1.165) is 10.5 Å². The first-order valence-corrected chi connectivity index (χ1v) is 7.85. The zero-order chi connectivity index (χ0) is 17.2. The fraction of sp³-hybridized carbons (Fsp3) is 0.471. The van der Waals surface area contributed by atoms with E-state index in [1.165, 1.54) is 0 Å². The Kier molecular flexibility index (Phi) is 6.51. The van der Waals surface area contributed by atoms with Gasteiger partial charge in [0.1, 0.15) is 6.54 Å². The number of hydrogen-bond acceptors (Lipinski definition) is 4. The maximum absolute atomic E-state index is 12.4. The Bertz CT molecular complexity index is 648. The minimum Gasteiger partial charge on any atom is -0.348 e. The second-order valence-corrected chi connectivity index (χ2v) is 5.99. The molecule has 0 unspecified atom stereocenters. The van der Waals surface area contributed by atoms with Crippen LogP contribution in [0.5, 0.6) is 0 Å². The number of halogens is 1. The van der Waals surface area contributed by atoms with E-state index in [-0.39, 0.29) is 24.9 Å². The quantitative estimate of drug-likeness (QED) is 0.760. The molecule has 0 atom stereocenters. The van der Waals surface area contributed by atoms with Crippen molar-refractivity contribution in [2.45, 2.75) is 39.2 Å². The molecule has 1 aromatic carbocycles. The Morgan fingerprint density at radius 1 is 1.17 bits per heavy atom. The smallest absolute Gasteiger partial charge is 0.262 e. The van der Waals surface area contributed by atoms with Gasteiger partial charge in [0.25, 0.3) is 11.8 Å². The van der Waals surface area contributed by atoms with E-state index < -0.39 is 17.4 Å². The number of nitrogens with zero attached hydrogens (tertiary/aromatic N) is 1. The highest BCUT2D eigenvalue weighted by molar-refractivity contribution is 6.22. The van der Waals surface area contributed by atoms with Crippen molar-refractivity contribution in [1.29, 1.82) is 0 Å². The molecule has 0 radical (unpaired) electrons. The maximum atomic E-state index is 12.4. The van der Waals surface area contributed by atoms with Crippen molar-refractivity contribution < 1.29 is 14.4 Å². The van der Waals surface area contributed by atoms with Crippen LogP contribution in [0, 0.1) is 6.92 Å². The summed E-state index contributed by atoms with van der Waals surface area (Å²) >= 11 is 0. The number of amides is 3. The summed E-state index contributed by atoms with van der Waals surface area (Å²) in [5.74, 6) is -1.22. The van der Waals surface area contributed by atoms with Gasteiger partial charge in [-0.3, -0.25) is 19.3 Å². The van der Waals surface area contributed by atoms with Crippen molar-refractivity contribution >= 4 is 30.1 Å². The van der Waals surface area contributed by atoms with Crippen LogP contribution in [0.15, 0.2) is 18.2 Å². The molecule has 0 aliphatic carbocycles. The number of carbonyl (C=O) groups is 3. The molecule has 1 aromatic rings. The lowest BCUT2D eigenvalue weighted by atomic mass is 9.93. The van der Waals surface area contributed by atoms with Crippen molar-refractivity contribution in [1.82, 2.24) is 10.2 Å². The molecule has 0 fully saturated rings. The van der Waals surface area contributed by atoms with E-state index in [4.69, 9.17) is 5.73 Å². The van der Waals surface area contributed by atoms with Gasteiger partial charge < -0.3 is 11.1 Å². The lowest BCUT2D eigenvalue weighted by Gasteiger charge is -2.32. The van der Waals surface area contributed by atoms with Gasteiger partial charge in [-0.2, -0.15) is 0 Å². The number of benzene rings is 1. The third-order valence-electron chi connectivity index (χ3n) is 4.58. The average Bonchev–Trinajstić information content (AvgIpc) is 2.77. The van der Waals surface area contributed by atoms with Crippen LogP contribution in [0.25, 0.3) is 0 Å². The monoisotopic (exact) mass is 353 g/mol. The first-order valence-electron chi connectivity index (χ1n) is 7.85. The summed E-state index contributed by atoms with van der Waals surface area (Å²) in [6, 6.07) is 5.09. The van der Waals surface area contributed by atoms with Crippen LogP contribution in [0.3, 0.4) is 0 Å². The zero-order valence-corrected chi connectivity index (χ0v) is 15.0. The van der Waals surface area contributed by atoms with Gasteiger partial charge in [0, 0.05) is 6.54 Å². The lowest BCUT2D eigenvalue weighted by Crippen LogP contribution is -2.55. The predicted molar refractivity (Wildman–Crippen MR) is 94.3 cm³/mol. The van der Waals surface area contributed by atoms with Gasteiger partial charge in [0.05, 0.1) is 16.7 Å². The van der Waals surface area contributed by atoms with Crippen LogP contribution in [-0.2, 0) is 4.79 Å². The van der Waals surface area contributed by atoms with E-state index in [0.29, 0.717) is 30.5 Å². The van der Waals surface area contributed by atoms with Crippen molar-refractivity contribution in [2.24, 2.45) is 5.73 Å². The summed E-state index contributed by atoms with van der Waals surface area (Å²) in [6.07, 6.45) is 1.38. The van der Waals surface area contributed by atoms with Crippen LogP contribution in [-0.4, -0.2) is 41.2 Å². The zero-order valence-electron chi connectivity index (χ0n) is 14.2. The Morgan fingerprint density at radius 3 is 2.29 bits per heavy atom. The molecule has 0 saturated carbocycles. The van der Waals surface area contributed by atoms with Crippen molar-refractivity contribution in [3.8, 4) is 0 Å². The summed E-state index contributed by atoms with van der Waals surface area (Å²) < 4.78 is 0. The van der Waals surface area contributed by atoms with Crippen molar-refractivity contribution in [3.63, 3.8) is 0 Å². The summed E-state index contributed by atoms with van der Waals surface area (Å²) in [5.41, 5.74) is 6.88. The molecular formula is C17H24ClN3O3. The minimum atomic E-state index is -0.494. The van der Waals surface area contributed by atoms with E-state index in [1.807, 2.05) is 20.8 Å². The van der Waals surface area contributed by atoms with Crippen molar-refractivity contribution in [2.75, 3.05) is 13.1 Å². The molecule has 24 heavy (non-hydrogen) atoms. The molecule has 132 valence electrons. The molecule has 0 spiro atoms. The third kappa shape index (κ3) is 3.60. The Balaban J connectivity index is 0.00000288. The minimum absolute atomic E-state index is 0.